The number of aliphatic imine (C=N–C) groups is 1. The lowest BCUT2D eigenvalue weighted by Crippen LogP contribution is -2.40. The largest absolute Gasteiger partial charge is 0.497 e. The van der Waals surface area contributed by atoms with Gasteiger partial charge in [0, 0.05) is 38.2 Å². The van der Waals surface area contributed by atoms with Crippen molar-refractivity contribution in [2.24, 2.45) is 10.7 Å². The molecule has 0 aromatic heterocycles. The van der Waals surface area contributed by atoms with Crippen molar-refractivity contribution in [3.63, 3.8) is 0 Å². The topological polar surface area (TPSA) is 80.0 Å². The number of rotatable bonds is 5. The van der Waals surface area contributed by atoms with Gasteiger partial charge in [-0.2, -0.15) is 0 Å². The maximum absolute atomic E-state index is 11.7. The SMILES string of the molecule is CNC1=C(C(N)=Nc2ccc(-c3ccc(OC)cc3)cc2)CN(C(C)=O)CC1. The van der Waals surface area contributed by atoms with E-state index < -0.39 is 0 Å². The van der Waals surface area contributed by atoms with Crippen LogP contribution < -0.4 is 15.8 Å². The van der Waals surface area contributed by atoms with Gasteiger partial charge in [0.15, 0.2) is 0 Å². The normalized spacial score (nSPS) is 14.8. The van der Waals surface area contributed by atoms with Crippen molar-refractivity contribution in [3.05, 3.63) is 59.8 Å². The van der Waals surface area contributed by atoms with Crippen LogP contribution in [0.4, 0.5) is 5.69 Å². The molecular weight excluding hydrogens is 352 g/mol. The highest BCUT2D eigenvalue weighted by molar-refractivity contribution is 6.00. The van der Waals surface area contributed by atoms with E-state index in [4.69, 9.17) is 10.5 Å². The van der Waals surface area contributed by atoms with Crippen molar-refractivity contribution in [2.45, 2.75) is 13.3 Å². The molecule has 3 N–H and O–H groups in total. The van der Waals surface area contributed by atoms with Crippen LogP contribution in [0.15, 0.2) is 64.8 Å². The number of benzene rings is 2. The van der Waals surface area contributed by atoms with E-state index in [0.29, 0.717) is 18.9 Å². The van der Waals surface area contributed by atoms with E-state index in [1.54, 1.807) is 18.9 Å². The van der Waals surface area contributed by atoms with E-state index in [1.807, 2.05) is 55.6 Å². The lowest BCUT2D eigenvalue weighted by molar-refractivity contribution is -0.128. The zero-order valence-corrected chi connectivity index (χ0v) is 16.5. The molecule has 0 bridgehead atoms. The fraction of sp³-hybridized carbons (Fsp3) is 0.273. The summed E-state index contributed by atoms with van der Waals surface area (Å²) in [4.78, 5) is 18.1. The Balaban J connectivity index is 1.81. The summed E-state index contributed by atoms with van der Waals surface area (Å²) in [5, 5.41) is 3.19. The van der Waals surface area contributed by atoms with Crippen LogP contribution in [0.3, 0.4) is 0 Å². The summed E-state index contributed by atoms with van der Waals surface area (Å²) >= 11 is 0. The summed E-state index contributed by atoms with van der Waals surface area (Å²) in [7, 11) is 3.53. The Morgan fingerprint density at radius 3 is 2.25 bits per heavy atom. The first-order chi connectivity index (χ1) is 13.5. The highest BCUT2D eigenvalue weighted by atomic mass is 16.5. The van der Waals surface area contributed by atoms with Crippen molar-refractivity contribution in [1.82, 2.24) is 10.2 Å². The molecule has 2 aromatic carbocycles. The molecule has 0 saturated carbocycles. The summed E-state index contributed by atoms with van der Waals surface area (Å²) in [5.74, 6) is 1.32. The Bertz CT molecular complexity index is 899. The predicted molar refractivity (Wildman–Crippen MR) is 113 cm³/mol. The number of amides is 1. The monoisotopic (exact) mass is 378 g/mol. The van der Waals surface area contributed by atoms with Crippen molar-refractivity contribution >= 4 is 17.4 Å². The van der Waals surface area contributed by atoms with Gasteiger partial charge in [0.05, 0.1) is 19.3 Å². The zero-order valence-electron chi connectivity index (χ0n) is 16.5. The number of ether oxygens (including phenoxy) is 1. The number of hydrogen-bond donors (Lipinski definition) is 2. The minimum absolute atomic E-state index is 0.0456. The average molecular weight is 378 g/mol. The summed E-state index contributed by atoms with van der Waals surface area (Å²) in [6, 6.07) is 15.8. The van der Waals surface area contributed by atoms with Gasteiger partial charge in [-0.15, -0.1) is 0 Å². The molecule has 0 spiro atoms. The smallest absolute Gasteiger partial charge is 0.219 e. The van der Waals surface area contributed by atoms with Crippen LogP contribution >= 0.6 is 0 Å². The van der Waals surface area contributed by atoms with Gasteiger partial charge in [0.1, 0.15) is 11.6 Å². The molecule has 2 aromatic rings. The fourth-order valence-electron chi connectivity index (χ4n) is 3.26. The molecule has 28 heavy (non-hydrogen) atoms. The summed E-state index contributed by atoms with van der Waals surface area (Å²) in [6.07, 6.45) is 0.748. The van der Waals surface area contributed by atoms with Crippen LogP contribution in [-0.2, 0) is 4.79 Å². The molecule has 1 heterocycles. The molecule has 3 rings (SSSR count). The number of carbonyl (C=O) groups excluding carboxylic acids is 1. The molecule has 0 atom stereocenters. The summed E-state index contributed by atoms with van der Waals surface area (Å²) < 4.78 is 5.20. The molecule has 146 valence electrons. The lowest BCUT2D eigenvalue weighted by Gasteiger charge is -2.29. The number of nitrogens with two attached hydrogens (primary N) is 1. The molecule has 0 radical (unpaired) electrons. The van der Waals surface area contributed by atoms with Crippen LogP contribution in [0.5, 0.6) is 5.75 Å². The van der Waals surface area contributed by atoms with Crippen LogP contribution in [-0.4, -0.2) is 43.9 Å². The maximum Gasteiger partial charge on any atom is 0.219 e. The summed E-state index contributed by atoms with van der Waals surface area (Å²) in [5.41, 5.74) is 11.2. The van der Waals surface area contributed by atoms with E-state index >= 15 is 0 Å². The molecule has 0 saturated heterocycles. The Morgan fingerprint density at radius 1 is 1.11 bits per heavy atom. The molecule has 0 fully saturated rings. The minimum atomic E-state index is 0.0456. The van der Waals surface area contributed by atoms with Gasteiger partial charge in [-0.25, -0.2) is 4.99 Å². The van der Waals surface area contributed by atoms with Gasteiger partial charge in [0.2, 0.25) is 5.91 Å². The summed E-state index contributed by atoms with van der Waals surface area (Å²) in [6.45, 7) is 2.75. The first kappa shape index (κ1) is 19.5. The molecule has 6 heteroatoms. The molecule has 0 aliphatic carbocycles. The standard InChI is InChI=1S/C22H26N4O2/c1-15(27)26-13-12-21(24-2)20(14-26)22(23)25-18-8-4-16(5-9-18)17-6-10-19(28-3)11-7-17/h4-11,24H,12-14H2,1-3H3,(H2,23,25). The van der Waals surface area contributed by atoms with Gasteiger partial charge in [-0.05, 0) is 35.4 Å². The number of methoxy groups -OCH3 is 1. The number of nitrogens with one attached hydrogen (secondary N) is 1. The van der Waals surface area contributed by atoms with Crippen LogP contribution in [0, 0.1) is 0 Å². The molecule has 6 nitrogen and oxygen atoms in total. The average Bonchev–Trinajstić information content (AvgIpc) is 2.73. The van der Waals surface area contributed by atoms with E-state index in [0.717, 1.165) is 40.3 Å². The van der Waals surface area contributed by atoms with Crippen molar-refractivity contribution in [1.29, 1.82) is 0 Å². The first-order valence-corrected chi connectivity index (χ1v) is 9.26. The van der Waals surface area contributed by atoms with Gasteiger partial charge in [0.25, 0.3) is 0 Å². The Hall–Kier alpha value is -3.28. The van der Waals surface area contributed by atoms with E-state index in [1.165, 1.54) is 0 Å². The number of nitrogens with zero attached hydrogens (tertiary/aromatic N) is 2. The molecule has 1 amide bonds. The van der Waals surface area contributed by atoms with Crippen molar-refractivity contribution in [2.75, 3.05) is 27.2 Å². The van der Waals surface area contributed by atoms with Crippen LogP contribution in [0.1, 0.15) is 13.3 Å². The third-order valence-corrected chi connectivity index (χ3v) is 4.94. The molecule has 0 unspecified atom stereocenters. The Labute approximate surface area is 165 Å². The zero-order chi connectivity index (χ0) is 20.1. The van der Waals surface area contributed by atoms with E-state index in [2.05, 4.69) is 10.3 Å². The number of carbonyl (C=O) groups is 1. The Kier molecular flexibility index (Phi) is 5.99. The quantitative estimate of drug-likeness (QED) is 0.619. The van der Waals surface area contributed by atoms with Crippen LogP contribution in [0.2, 0.25) is 0 Å². The Morgan fingerprint density at radius 2 is 1.71 bits per heavy atom. The highest BCUT2D eigenvalue weighted by Gasteiger charge is 2.22. The molecule has 1 aliphatic rings. The van der Waals surface area contributed by atoms with Gasteiger partial charge in [-0.3, -0.25) is 4.79 Å². The third-order valence-electron chi connectivity index (χ3n) is 4.94. The van der Waals surface area contributed by atoms with Crippen LogP contribution in [0.25, 0.3) is 11.1 Å². The van der Waals surface area contributed by atoms with E-state index in [9.17, 15) is 4.79 Å². The second-order valence-corrected chi connectivity index (χ2v) is 6.67. The second kappa shape index (κ2) is 8.61. The lowest BCUT2D eigenvalue weighted by atomic mass is 10.0. The molecular formula is C22H26N4O2. The van der Waals surface area contributed by atoms with Crippen molar-refractivity contribution < 1.29 is 9.53 Å². The predicted octanol–water partition coefficient (Wildman–Crippen LogP) is 3.08. The number of hydrogen-bond acceptors (Lipinski definition) is 4. The van der Waals surface area contributed by atoms with Gasteiger partial charge >= 0.3 is 0 Å². The number of amidine groups is 1. The first-order valence-electron chi connectivity index (χ1n) is 9.26. The van der Waals surface area contributed by atoms with Crippen molar-refractivity contribution in [3.8, 4) is 16.9 Å². The fourth-order valence-corrected chi connectivity index (χ4v) is 3.26. The maximum atomic E-state index is 11.7. The second-order valence-electron chi connectivity index (χ2n) is 6.67. The third kappa shape index (κ3) is 4.34. The van der Waals surface area contributed by atoms with Gasteiger partial charge < -0.3 is 20.7 Å². The molecule has 1 aliphatic heterocycles. The highest BCUT2D eigenvalue weighted by Crippen LogP contribution is 2.25. The van der Waals surface area contributed by atoms with Gasteiger partial charge in [-0.1, -0.05) is 24.3 Å². The minimum Gasteiger partial charge on any atom is -0.497 e. The van der Waals surface area contributed by atoms with E-state index in [-0.39, 0.29) is 5.91 Å².